The first-order valence-electron chi connectivity index (χ1n) is 7.42. The molecule has 2 N–H and O–H groups in total. The molecule has 0 amide bonds. The lowest BCUT2D eigenvalue weighted by atomic mass is 9.77. The van der Waals surface area contributed by atoms with Crippen molar-refractivity contribution in [1.29, 1.82) is 0 Å². The smallest absolute Gasteiger partial charge is 0.113 e. The van der Waals surface area contributed by atoms with Crippen molar-refractivity contribution in [2.75, 3.05) is 0 Å². The van der Waals surface area contributed by atoms with E-state index < -0.39 is 0 Å². The molecule has 3 rings (SSSR count). The molecule has 1 saturated carbocycles. The van der Waals surface area contributed by atoms with E-state index in [1.54, 1.807) is 11.3 Å². The SMILES string of the molecule is CC1CCCC(N)(c2nc3c(s2)C(C)OC(C)C3)C1. The van der Waals surface area contributed by atoms with E-state index in [2.05, 4.69) is 20.8 Å². The van der Waals surface area contributed by atoms with Crippen molar-refractivity contribution in [2.24, 2.45) is 11.7 Å². The number of aromatic nitrogens is 1. The molecule has 0 aromatic carbocycles. The molecule has 1 aliphatic heterocycles. The van der Waals surface area contributed by atoms with Gasteiger partial charge in [0.15, 0.2) is 0 Å². The molecule has 1 aromatic heterocycles. The van der Waals surface area contributed by atoms with Gasteiger partial charge in [-0.25, -0.2) is 4.98 Å². The monoisotopic (exact) mass is 280 g/mol. The molecular weight excluding hydrogens is 256 g/mol. The normalized spacial score (nSPS) is 39.1. The van der Waals surface area contributed by atoms with Crippen molar-refractivity contribution < 1.29 is 4.74 Å². The Morgan fingerprint density at radius 1 is 1.37 bits per heavy atom. The highest BCUT2D eigenvalue weighted by atomic mass is 32.1. The third-order valence-corrected chi connectivity index (χ3v) is 5.95. The average molecular weight is 280 g/mol. The van der Waals surface area contributed by atoms with Gasteiger partial charge in [0.2, 0.25) is 0 Å². The van der Waals surface area contributed by atoms with Crippen LogP contribution < -0.4 is 5.73 Å². The van der Waals surface area contributed by atoms with E-state index in [1.807, 2.05) is 0 Å². The van der Waals surface area contributed by atoms with Gasteiger partial charge in [-0.05, 0) is 32.6 Å². The third kappa shape index (κ3) is 2.46. The van der Waals surface area contributed by atoms with Crippen molar-refractivity contribution in [1.82, 2.24) is 4.98 Å². The molecule has 106 valence electrons. The zero-order valence-electron chi connectivity index (χ0n) is 12.1. The van der Waals surface area contributed by atoms with Crippen LogP contribution in [-0.2, 0) is 16.7 Å². The maximum absolute atomic E-state index is 6.67. The lowest BCUT2D eigenvalue weighted by molar-refractivity contribution is -0.00321. The predicted molar refractivity (Wildman–Crippen MR) is 78.3 cm³/mol. The van der Waals surface area contributed by atoms with Gasteiger partial charge in [-0.3, -0.25) is 0 Å². The Kier molecular flexibility index (Phi) is 3.44. The average Bonchev–Trinajstić information content (AvgIpc) is 2.73. The Morgan fingerprint density at radius 2 is 2.16 bits per heavy atom. The van der Waals surface area contributed by atoms with Gasteiger partial charge in [-0.1, -0.05) is 19.8 Å². The van der Waals surface area contributed by atoms with Gasteiger partial charge in [-0.2, -0.15) is 0 Å². The standard InChI is InChI=1S/C15H24N2OS/c1-9-5-4-6-15(16,8-9)14-17-12-7-10(2)18-11(3)13(12)19-14/h9-11H,4-8,16H2,1-3H3. The summed E-state index contributed by atoms with van der Waals surface area (Å²) in [5, 5.41) is 1.15. The molecule has 0 bridgehead atoms. The highest BCUT2D eigenvalue weighted by Crippen LogP contribution is 2.43. The van der Waals surface area contributed by atoms with Crippen molar-refractivity contribution >= 4 is 11.3 Å². The van der Waals surface area contributed by atoms with Crippen LogP contribution in [0.15, 0.2) is 0 Å². The summed E-state index contributed by atoms with van der Waals surface area (Å²) in [4.78, 5) is 6.20. The summed E-state index contributed by atoms with van der Waals surface area (Å²) in [6.45, 7) is 6.56. The Hall–Kier alpha value is -0.450. The second-order valence-corrected chi connectivity index (χ2v) is 7.51. The molecule has 2 heterocycles. The number of fused-ring (bicyclic) bond motifs is 1. The van der Waals surface area contributed by atoms with E-state index in [0.717, 1.165) is 24.3 Å². The molecule has 0 radical (unpaired) electrons. The van der Waals surface area contributed by atoms with Crippen LogP contribution in [0.2, 0.25) is 0 Å². The Morgan fingerprint density at radius 3 is 2.89 bits per heavy atom. The number of nitrogens with two attached hydrogens (primary N) is 1. The fourth-order valence-electron chi connectivity index (χ4n) is 3.56. The van der Waals surface area contributed by atoms with Crippen LogP contribution in [0.5, 0.6) is 0 Å². The summed E-state index contributed by atoms with van der Waals surface area (Å²) >= 11 is 1.79. The number of nitrogens with zero attached hydrogens (tertiary/aromatic N) is 1. The van der Waals surface area contributed by atoms with Gasteiger partial charge in [0.1, 0.15) is 5.01 Å². The van der Waals surface area contributed by atoms with Gasteiger partial charge < -0.3 is 10.5 Å². The number of hydrogen-bond acceptors (Lipinski definition) is 4. The first-order chi connectivity index (χ1) is 8.98. The van der Waals surface area contributed by atoms with Crippen LogP contribution in [0, 0.1) is 5.92 Å². The molecular formula is C15H24N2OS. The van der Waals surface area contributed by atoms with Crippen LogP contribution in [0.25, 0.3) is 0 Å². The molecule has 1 aromatic rings. The summed E-state index contributed by atoms with van der Waals surface area (Å²) in [5.41, 5.74) is 7.71. The van der Waals surface area contributed by atoms with E-state index in [1.165, 1.54) is 23.4 Å². The first kappa shape index (κ1) is 13.5. The molecule has 4 atom stereocenters. The van der Waals surface area contributed by atoms with Crippen LogP contribution in [-0.4, -0.2) is 11.1 Å². The number of rotatable bonds is 1. The Bertz CT molecular complexity index is 473. The van der Waals surface area contributed by atoms with Crippen LogP contribution in [0.4, 0.5) is 0 Å². The zero-order chi connectivity index (χ0) is 13.6. The molecule has 4 heteroatoms. The fourth-order valence-corrected chi connectivity index (χ4v) is 4.78. The maximum atomic E-state index is 6.67. The molecule has 0 spiro atoms. The second kappa shape index (κ2) is 4.83. The quantitative estimate of drug-likeness (QED) is 0.856. The lowest BCUT2D eigenvalue weighted by Gasteiger charge is -2.35. The van der Waals surface area contributed by atoms with E-state index in [4.69, 9.17) is 15.5 Å². The van der Waals surface area contributed by atoms with Crippen molar-refractivity contribution in [3.05, 3.63) is 15.6 Å². The number of hydrogen-bond donors (Lipinski definition) is 1. The molecule has 19 heavy (non-hydrogen) atoms. The lowest BCUT2D eigenvalue weighted by Crippen LogP contribution is -2.40. The Labute approximate surface area is 119 Å². The summed E-state index contributed by atoms with van der Waals surface area (Å²) in [5.74, 6) is 0.715. The van der Waals surface area contributed by atoms with Gasteiger partial charge >= 0.3 is 0 Å². The van der Waals surface area contributed by atoms with Gasteiger partial charge in [0.05, 0.1) is 28.3 Å². The van der Waals surface area contributed by atoms with Gasteiger partial charge in [-0.15, -0.1) is 11.3 Å². The summed E-state index contributed by atoms with van der Waals surface area (Å²) < 4.78 is 5.90. The molecule has 4 unspecified atom stereocenters. The number of ether oxygens (including phenoxy) is 1. The van der Waals surface area contributed by atoms with Crippen LogP contribution >= 0.6 is 11.3 Å². The van der Waals surface area contributed by atoms with Gasteiger partial charge in [0, 0.05) is 6.42 Å². The predicted octanol–water partition coefficient (Wildman–Crippen LogP) is 3.53. The highest BCUT2D eigenvalue weighted by molar-refractivity contribution is 7.12. The minimum atomic E-state index is -0.192. The van der Waals surface area contributed by atoms with E-state index in [0.29, 0.717) is 5.92 Å². The fraction of sp³-hybridized carbons (Fsp3) is 0.800. The first-order valence-corrected chi connectivity index (χ1v) is 8.24. The molecule has 2 aliphatic rings. The third-order valence-electron chi connectivity index (χ3n) is 4.47. The van der Waals surface area contributed by atoms with E-state index >= 15 is 0 Å². The summed E-state index contributed by atoms with van der Waals surface area (Å²) in [6.07, 6.45) is 6.07. The largest absolute Gasteiger partial charge is 0.370 e. The maximum Gasteiger partial charge on any atom is 0.113 e. The molecule has 1 aliphatic carbocycles. The Balaban J connectivity index is 1.92. The van der Waals surface area contributed by atoms with Gasteiger partial charge in [0.25, 0.3) is 0 Å². The second-order valence-electron chi connectivity index (χ2n) is 6.48. The molecule has 0 saturated heterocycles. The molecule has 3 nitrogen and oxygen atoms in total. The van der Waals surface area contributed by atoms with Crippen LogP contribution in [0.1, 0.15) is 68.1 Å². The molecule has 1 fully saturated rings. The van der Waals surface area contributed by atoms with Crippen molar-refractivity contribution in [3.8, 4) is 0 Å². The van der Waals surface area contributed by atoms with E-state index in [-0.39, 0.29) is 17.7 Å². The topological polar surface area (TPSA) is 48.1 Å². The van der Waals surface area contributed by atoms with Crippen molar-refractivity contribution in [3.63, 3.8) is 0 Å². The van der Waals surface area contributed by atoms with Crippen LogP contribution in [0.3, 0.4) is 0 Å². The number of thiazole rings is 1. The summed E-state index contributed by atoms with van der Waals surface area (Å²) in [7, 11) is 0. The zero-order valence-corrected chi connectivity index (χ0v) is 12.9. The van der Waals surface area contributed by atoms with Crippen molar-refractivity contribution in [2.45, 2.75) is 70.6 Å². The summed E-state index contributed by atoms with van der Waals surface area (Å²) in [6, 6.07) is 0. The minimum Gasteiger partial charge on any atom is -0.370 e. The highest BCUT2D eigenvalue weighted by Gasteiger charge is 2.37. The minimum absolute atomic E-state index is 0.176. The van der Waals surface area contributed by atoms with E-state index in [9.17, 15) is 0 Å².